The second kappa shape index (κ2) is 9.21. The van der Waals surface area contributed by atoms with Gasteiger partial charge in [-0.1, -0.05) is 102 Å². The molecule has 0 N–H and O–H groups in total. The van der Waals surface area contributed by atoms with Crippen molar-refractivity contribution in [2.45, 2.75) is 62.3 Å². The minimum absolute atomic E-state index is 0.854. The van der Waals surface area contributed by atoms with E-state index in [2.05, 4.69) is 98.7 Å². The van der Waals surface area contributed by atoms with Crippen LogP contribution < -0.4 is 15.6 Å². The molecule has 153 valence electrons. The van der Waals surface area contributed by atoms with Crippen molar-refractivity contribution in [2.24, 2.45) is 0 Å². The van der Waals surface area contributed by atoms with Crippen LogP contribution >= 0.6 is 0 Å². The van der Waals surface area contributed by atoms with Gasteiger partial charge in [-0.05, 0) is 62.3 Å². The third-order valence-corrected chi connectivity index (χ3v) is 16.6. The summed E-state index contributed by atoms with van der Waals surface area (Å²) < 4.78 is 0. The van der Waals surface area contributed by atoms with E-state index < -0.39 is 8.31 Å². The van der Waals surface area contributed by atoms with Gasteiger partial charge in [0.25, 0.3) is 0 Å². The van der Waals surface area contributed by atoms with E-state index in [-0.39, 0.29) is 0 Å². The smallest absolute Gasteiger partial charge is 0.0623 e. The molecule has 0 heterocycles. The van der Waals surface area contributed by atoms with Gasteiger partial charge in [-0.15, -0.1) is 0 Å². The molecule has 0 aromatic heterocycles. The highest BCUT2D eigenvalue weighted by Gasteiger charge is 2.25. The quantitative estimate of drug-likeness (QED) is 0.520. The third kappa shape index (κ3) is 4.79. The van der Waals surface area contributed by atoms with Crippen molar-refractivity contribution in [3.8, 4) is 0 Å². The fourth-order valence-electron chi connectivity index (χ4n) is 4.90. The molecule has 0 atom stereocenters. The molecule has 3 heteroatoms. The molecule has 3 rings (SSSR count). The summed E-state index contributed by atoms with van der Waals surface area (Å²) in [6.07, 6.45) is 0. The molecule has 0 nitrogen and oxygen atoms in total. The van der Waals surface area contributed by atoms with Crippen molar-refractivity contribution in [1.29, 1.82) is 0 Å². The molecule has 0 spiro atoms. The average molecular weight is 442 g/mol. The summed E-state index contributed by atoms with van der Waals surface area (Å²) in [5.41, 5.74) is 13.0. The highest BCUT2D eigenvalue weighted by Crippen LogP contribution is 2.12. The predicted octanol–water partition coefficient (Wildman–Crippen LogP) is 4.22. The number of hydrogen-bond acceptors (Lipinski definition) is 0. The Bertz CT molecular complexity index is 969. The zero-order chi connectivity index (χ0) is 22.2. The van der Waals surface area contributed by atoms with Gasteiger partial charge in [0, 0.05) is 8.55 Å². The molecule has 3 aromatic rings. The highest BCUT2D eigenvalue weighted by atomic mass is 29.5. The minimum atomic E-state index is -0.854. The van der Waals surface area contributed by atoms with E-state index in [1.807, 2.05) is 0 Å². The van der Waals surface area contributed by atoms with Crippen molar-refractivity contribution >= 4 is 41.5 Å². The Kier molecular flexibility index (Phi) is 7.05. The van der Waals surface area contributed by atoms with Gasteiger partial charge in [0.2, 0.25) is 0 Å². The number of rotatable bonds is 5. The van der Waals surface area contributed by atoms with Crippen LogP contribution in [-0.2, 0) is 0 Å². The topological polar surface area (TPSA) is 0 Å². The molecule has 0 saturated heterocycles. The molecule has 0 amide bonds. The van der Waals surface area contributed by atoms with Gasteiger partial charge in [0.15, 0.2) is 0 Å². The van der Waals surface area contributed by atoms with E-state index in [4.69, 9.17) is 0 Å². The maximum Gasteiger partial charge on any atom is 0.105 e. The summed E-state index contributed by atoms with van der Waals surface area (Å²) in [6.45, 7) is 20.6. The summed E-state index contributed by atoms with van der Waals surface area (Å²) in [7, 11) is 0.983. The Morgan fingerprint density at radius 2 is 0.767 bits per heavy atom. The van der Waals surface area contributed by atoms with Crippen LogP contribution in [0.15, 0.2) is 36.4 Å². The van der Waals surface area contributed by atoms with Gasteiger partial charge in [-0.3, -0.25) is 0 Å². The number of aryl methyl sites for hydroxylation is 9. The summed E-state index contributed by atoms with van der Waals surface area (Å²) in [5.74, 6) is 0. The fourth-order valence-corrected chi connectivity index (χ4v) is 17.6. The minimum Gasteiger partial charge on any atom is -0.0623 e. The molecule has 0 aliphatic heterocycles. The fraction of sp³-hybridized carbons (Fsp3) is 0.333. The molecule has 5 radical (unpaired) electrons. The second-order valence-corrected chi connectivity index (χ2v) is 16.9. The first-order chi connectivity index (χ1) is 14.1. The average Bonchev–Trinajstić information content (AvgIpc) is 2.58. The van der Waals surface area contributed by atoms with E-state index in [1.54, 1.807) is 15.6 Å². The van der Waals surface area contributed by atoms with Crippen LogP contribution in [0.1, 0.15) is 50.1 Å². The maximum absolute atomic E-state index is 2.39. The predicted molar refractivity (Wildman–Crippen MR) is 138 cm³/mol. The molecule has 30 heavy (non-hydrogen) atoms. The lowest BCUT2D eigenvalue weighted by Gasteiger charge is -2.25. The summed E-state index contributed by atoms with van der Waals surface area (Å²) >= 11 is 0. The van der Waals surface area contributed by atoms with Crippen LogP contribution in [0.3, 0.4) is 0 Å². The summed E-state index contributed by atoms with van der Waals surface area (Å²) in [4.78, 5) is 0. The maximum atomic E-state index is 2.39. The Morgan fingerprint density at radius 3 is 1.10 bits per heavy atom. The standard InChI is InChI=1S/C27H33Si3/c1-16-10-19(4)25(20(5)11-16)28-29-30(26-21(6)12-17(2)13-22(26)7)27-23(8)14-18(3)15-24(27)9/h10-15H,1-9H3. The van der Waals surface area contributed by atoms with Crippen LogP contribution in [0.25, 0.3) is 0 Å². The van der Waals surface area contributed by atoms with Crippen molar-refractivity contribution in [3.63, 3.8) is 0 Å². The lowest BCUT2D eigenvalue weighted by molar-refractivity contribution is 1.34. The van der Waals surface area contributed by atoms with Crippen LogP contribution in [0.4, 0.5) is 0 Å². The van der Waals surface area contributed by atoms with Crippen LogP contribution in [0.5, 0.6) is 0 Å². The van der Waals surface area contributed by atoms with Gasteiger partial charge >= 0.3 is 0 Å². The van der Waals surface area contributed by atoms with E-state index in [0.717, 1.165) is 17.6 Å². The van der Waals surface area contributed by atoms with Crippen LogP contribution in [0, 0.1) is 62.3 Å². The van der Waals surface area contributed by atoms with Gasteiger partial charge in [0.05, 0.1) is 9.04 Å². The number of hydrogen-bond donors (Lipinski definition) is 0. The van der Waals surface area contributed by atoms with Crippen molar-refractivity contribution in [1.82, 2.24) is 0 Å². The molecule has 0 fully saturated rings. The van der Waals surface area contributed by atoms with Crippen molar-refractivity contribution in [2.75, 3.05) is 0 Å². The van der Waals surface area contributed by atoms with Crippen molar-refractivity contribution in [3.05, 3.63) is 86.5 Å². The van der Waals surface area contributed by atoms with E-state index >= 15 is 0 Å². The van der Waals surface area contributed by atoms with E-state index in [1.165, 1.54) is 50.1 Å². The molecular weight excluding hydrogens is 409 g/mol. The molecule has 0 aliphatic carbocycles. The Labute approximate surface area is 190 Å². The first-order valence-corrected chi connectivity index (χ1v) is 16.2. The molecule has 0 unspecified atom stereocenters. The van der Waals surface area contributed by atoms with E-state index in [9.17, 15) is 0 Å². The monoisotopic (exact) mass is 441 g/mol. The third-order valence-electron chi connectivity index (χ3n) is 5.84. The molecular formula is C27H33Si3. The number of benzene rings is 3. The Balaban J connectivity index is 2.13. The van der Waals surface area contributed by atoms with Crippen LogP contribution in [-0.4, -0.2) is 25.9 Å². The SMILES string of the molecule is Cc1cc(C)c([Si][Si][Si](c2c(C)cc(C)cc2C)c2c(C)cc(C)cc2C)c(C)c1. The first-order valence-electron chi connectivity index (χ1n) is 10.7. The lowest BCUT2D eigenvalue weighted by Crippen LogP contribution is -2.55. The molecule has 3 aromatic carbocycles. The summed E-state index contributed by atoms with van der Waals surface area (Å²) in [5, 5.41) is 4.88. The normalized spacial score (nSPS) is 11.4. The first kappa shape index (κ1) is 23.0. The van der Waals surface area contributed by atoms with Crippen LogP contribution in [0.2, 0.25) is 0 Å². The second-order valence-electron chi connectivity index (χ2n) is 8.95. The van der Waals surface area contributed by atoms with E-state index in [0.29, 0.717) is 0 Å². The molecule has 0 bridgehead atoms. The highest BCUT2D eigenvalue weighted by molar-refractivity contribution is 7.45. The van der Waals surface area contributed by atoms with Crippen molar-refractivity contribution < 1.29 is 0 Å². The largest absolute Gasteiger partial charge is 0.105 e. The van der Waals surface area contributed by atoms with Gasteiger partial charge < -0.3 is 0 Å². The van der Waals surface area contributed by atoms with Gasteiger partial charge in [-0.25, -0.2) is 0 Å². The molecule has 0 aliphatic rings. The van der Waals surface area contributed by atoms with Gasteiger partial charge in [0.1, 0.15) is 8.31 Å². The zero-order valence-corrected chi connectivity index (χ0v) is 23.0. The Hall–Kier alpha value is -1.69. The molecule has 0 saturated carbocycles. The Morgan fingerprint density at radius 1 is 0.467 bits per heavy atom. The summed E-state index contributed by atoms with van der Waals surface area (Å²) in [6, 6.07) is 14.3. The lowest BCUT2D eigenvalue weighted by atomic mass is 10.1. The van der Waals surface area contributed by atoms with Gasteiger partial charge in [-0.2, -0.15) is 0 Å². The zero-order valence-electron chi connectivity index (χ0n) is 20.0.